The molecule has 0 saturated heterocycles. The predicted molar refractivity (Wildman–Crippen MR) is 170 cm³/mol. The Morgan fingerprint density at radius 1 is 0.911 bits per heavy atom. The van der Waals surface area contributed by atoms with Crippen LogP contribution in [-0.4, -0.2) is 48.4 Å². The van der Waals surface area contributed by atoms with Crippen molar-refractivity contribution < 1.29 is 36.0 Å². The number of halogens is 2. The minimum absolute atomic E-state index is 0.00572. The highest BCUT2D eigenvalue weighted by molar-refractivity contribution is 7.93. The molecule has 2 N–H and O–H groups in total. The number of para-hydroxylation sites is 1. The highest BCUT2D eigenvalue weighted by Crippen LogP contribution is 2.37. The Morgan fingerprint density at radius 2 is 1.60 bits per heavy atom. The van der Waals surface area contributed by atoms with Gasteiger partial charge in [-0.3, -0.25) is 23.9 Å². The fourth-order valence-corrected chi connectivity index (χ4v) is 7.14. The third-order valence-electron chi connectivity index (χ3n) is 6.22. The molecule has 45 heavy (non-hydrogen) atoms. The number of hydrogen-bond donors (Lipinski definition) is 2. The van der Waals surface area contributed by atoms with E-state index in [1.54, 1.807) is 0 Å². The Hall–Kier alpha value is -4.57. The molecule has 0 aliphatic rings. The number of carbonyl (C=O) groups excluding carboxylic acids is 1. The zero-order valence-electron chi connectivity index (χ0n) is 23.4. The fraction of sp³-hybridized carbons (Fsp3) is 0.107. The summed E-state index contributed by atoms with van der Waals surface area (Å²) in [4.78, 5) is 23.2. The molecular weight excluding hydrogens is 671 g/mol. The molecule has 0 spiro atoms. The van der Waals surface area contributed by atoms with Crippen LogP contribution in [0.15, 0.2) is 94.7 Å². The van der Waals surface area contributed by atoms with Crippen molar-refractivity contribution in [2.45, 2.75) is 9.79 Å². The number of carbonyl (C=O) groups is 1. The Kier molecular flexibility index (Phi) is 10.1. The average Bonchev–Trinajstić information content (AvgIpc) is 3.02. The summed E-state index contributed by atoms with van der Waals surface area (Å²) in [6.07, 6.45) is 0. The lowest BCUT2D eigenvalue weighted by molar-refractivity contribution is -0.387. The number of nitro groups is 1. The number of amides is 1. The van der Waals surface area contributed by atoms with Crippen LogP contribution in [0, 0.1) is 10.1 Å². The molecule has 0 unspecified atom stereocenters. The van der Waals surface area contributed by atoms with E-state index in [1.165, 1.54) is 87.0 Å². The fourth-order valence-electron chi connectivity index (χ4n) is 4.07. The first kappa shape index (κ1) is 33.3. The standard InChI is InChI=1S/C28H24Cl2N4O9S2/c1-42-19-12-15-23(25(16-19)43-2)33(45(40,41)26-9-4-3-8-24(26)34(36)37)17-27(35)31-18-10-13-20(14-11-18)44(38,39)32-22-7-5-6-21(29)28(22)30/h3-16,32H,17H2,1-2H3,(H,31,35). The van der Waals surface area contributed by atoms with Gasteiger partial charge in [-0.15, -0.1) is 0 Å². The van der Waals surface area contributed by atoms with Gasteiger partial charge in [-0.2, -0.15) is 0 Å². The Bertz CT molecular complexity index is 1970. The lowest BCUT2D eigenvalue weighted by atomic mass is 10.2. The van der Waals surface area contributed by atoms with E-state index >= 15 is 0 Å². The van der Waals surface area contributed by atoms with Crippen molar-refractivity contribution in [3.8, 4) is 11.5 Å². The van der Waals surface area contributed by atoms with Crippen LogP contribution in [0.5, 0.6) is 11.5 Å². The first-order chi connectivity index (χ1) is 21.3. The van der Waals surface area contributed by atoms with Gasteiger partial charge in [0.05, 0.1) is 45.5 Å². The van der Waals surface area contributed by atoms with Crippen molar-refractivity contribution in [3.63, 3.8) is 0 Å². The number of anilines is 3. The van der Waals surface area contributed by atoms with Crippen LogP contribution in [0.4, 0.5) is 22.7 Å². The second-order valence-corrected chi connectivity index (χ2v) is 13.4. The molecule has 4 aromatic carbocycles. The third-order valence-corrected chi connectivity index (χ3v) is 10.2. The van der Waals surface area contributed by atoms with Crippen LogP contribution in [0.25, 0.3) is 0 Å². The highest BCUT2D eigenvalue weighted by Gasteiger charge is 2.34. The monoisotopic (exact) mass is 694 g/mol. The van der Waals surface area contributed by atoms with Crippen molar-refractivity contribution in [1.82, 2.24) is 0 Å². The van der Waals surface area contributed by atoms with Crippen molar-refractivity contribution in [1.29, 1.82) is 0 Å². The van der Waals surface area contributed by atoms with E-state index in [0.29, 0.717) is 10.1 Å². The van der Waals surface area contributed by atoms with E-state index in [1.807, 2.05) is 0 Å². The molecular formula is C28H24Cl2N4O9S2. The van der Waals surface area contributed by atoms with Crippen LogP contribution >= 0.6 is 23.2 Å². The minimum Gasteiger partial charge on any atom is -0.497 e. The van der Waals surface area contributed by atoms with E-state index in [4.69, 9.17) is 32.7 Å². The Labute approximate surface area is 268 Å². The first-order valence-corrected chi connectivity index (χ1v) is 16.3. The molecule has 0 heterocycles. The van der Waals surface area contributed by atoms with Gasteiger partial charge in [0.2, 0.25) is 5.91 Å². The number of nitro benzene ring substituents is 1. The summed E-state index contributed by atoms with van der Waals surface area (Å²) in [6, 6.07) is 18.3. The Balaban J connectivity index is 1.64. The minimum atomic E-state index is -4.73. The van der Waals surface area contributed by atoms with Gasteiger partial charge in [0.25, 0.3) is 25.7 Å². The van der Waals surface area contributed by atoms with Crippen molar-refractivity contribution >= 4 is 71.9 Å². The summed E-state index contributed by atoms with van der Waals surface area (Å²) in [6.45, 7) is -0.841. The number of nitrogens with one attached hydrogen (secondary N) is 2. The smallest absolute Gasteiger partial charge is 0.289 e. The number of hydrogen-bond acceptors (Lipinski definition) is 9. The van der Waals surface area contributed by atoms with Gasteiger partial charge in [-0.1, -0.05) is 41.4 Å². The maximum Gasteiger partial charge on any atom is 0.289 e. The van der Waals surface area contributed by atoms with Crippen LogP contribution < -0.4 is 23.8 Å². The molecule has 1 amide bonds. The van der Waals surface area contributed by atoms with Gasteiger partial charge in [0.15, 0.2) is 4.90 Å². The molecule has 17 heteroatoms. The molecule has 0 radical (unpaired) electrons. The van der Waals surface area contributed by atoms with Gasteiger partial charge in [-0.25, -0.2) is 16.8 Å². The quantitative estimate of drug-likeness (QED) is 0.142. The number of methoxy groups -OCH3 is 2. The average molecular weight is 696 g/mol. The van der Waals surface area contributed by atoms with E-state index in [9.17, 15) is 31.7 Å². The van der Waals surface area contributed by atoms with E-state index < -0.39 is 48.0 Å². The van der Waals surface area contributed by atoms with Gasteiger partial charge in [-0.05, 0) is 54.6 Å². The molecule has 0 aromatic heterocycles. The summed E-state index contributed by atoms with van der Waals surface area (Å²) in [7, 11) is -6.16. The molecule has 0 fully saturated rings. The van der Waals surface area contributed by atoms with Crippen molar-refractivity contribution in [2.75, 3.05) is 35.1 Å². The molecule has 13 nitrogen and oxygen atoms in total. The van der Waals surface area contributed by atoms with Crippen molar-refractivity contribution in [2.24, 2.45) is 0 Å². The molecule has 0 saturated carbocycles. The largest absolute Gasteiger partial charge is 0.497 e. The number of nitrogens with zero attached hydrogens (tertiary/aromatic N) is 2. The van der Waals surface area contributed by atoms with Crippen LogP contribution in [0.3, 0.4) is 0 Å². The first-order valence-electron chi connectivity index (χ1n) is 12.6. The zero-order valence-corrected chi connectivity index (χ0v) is 26.6. The summed E-state index contributed by atoms with van der Waals surface area (Å²) in [5.74, 6) is -0.522. The molecule has 0 aliphatic heterocycles. The van der Waals surface area contributed by atoms with Crippen LogP contribution in [-0.2, 0) is 24.8 Å². The zero-order chi connectivity index (χ0) is 32.9. The lowest BCUT2D eigenvalue weighted by Crippen LogP contribution is -2.38. The molecule has 4 aromatic rings. The summed E-state index contributed by atoms with van der Waals surface area (Å²) >= 11 is 12.0. The predicted octanol–water partition coefficient (Wildman–Crippen LogP) is 5.55. The van der Waals surface area contributed by atoms with Crippen molar-refractivity contribution in [3.05, 3.63) is 105 Å². The maximum absolute atomic E-state index is 13.9. The second kappa shape index (κ2) is 13.6. The summed E-state index contributed by atoms with van der Waals surface area (Å²) in [5, 5.41) is 14.3. The van der Waals surface area contributed by atoms with Crippen LogP contribution in [0.2, 0.25) is 10.0 Å². The topological polar surface area (TPSA) is 174 Å². The van der Waals surface area contributed by atoms with Gasteiger partial charge < -0.3 is 14.8 Å². The number of ether oxygens (including phenoxy) is 2. The van der Waals surface area contributed by atoms with Gasteiger partial charge in [0.1, 0.15) is 18.0 Å². The summed E-state index contributed by atoms with van der Waals surface area (Å²) in [5.41, 5.74) is -0.599. The van der Waals surface area contributed by atoms with Gasteiger partial charge >= 0.3 is 0 Å². The van der Waals surface area contributed by atoms with Gasteiger partial charge in [0, 0.05) is 17.8 Å². The third kappa shape index (κ3) is 7.39. The summed E-state index contributed by atoms with van der Waals surface area (Å²) < 4.78 is 67.1. The number of benzene rings is 4. The van der Waals surface area contributed by atoms with E-state index in [2.05, 4.69) is 10.0 Å². The SMILES string of the molecule is COc1ccc(N(CC(=O)Nc2ccc(S(=O)(=O)Nc3cccc(Cl)c3Cl)cc2)S(=O)(=O)c2ccccc2[N+](=O)[O-])c(OC)c1. The normalized spacial score (nSPS) is 11.4. The number of sulfonamides is 2. The lowest BCUT2D eigenvalue weighted by Gasteiger charge is -2.25. The van der Waals surface area contributed by atoms with E-state index in [-0.39, 0.29) is 37.8 Å². The maximum atomic E-state index is 13.9. The second-order valence-electron chi connectivity index (χ2n) is 9.05. The molecule has 0 bridgehead atoms. The number of rotatable bonds is 12. The molecule has 0 aliphatic carbocycles. The molecule has 236 valence electrons. The molecule has 4 rings (SSSR count). The highest BCUT2D eigenvalue weighted by atomic mass is 35.5. The molecule has 0 atom stereocenters. The Morgan fingerprint density at radius 3 is 2.24 bits per heavy atom. The van der Waals surface area contributed by atoms with E-state index in [0.717, 1.165) is 12.1 Å². The van der Waals surface area contributed by atoms with Crippen LogP contribution in [0.1, 0.15) is 0 Å².